The van der Waals surface area contributed by atoms with E-state index in [1.54, 1.807) is 0 Å². The highest BCUT2D eigenvalue weighted by Gasteiger charge is 2.21. The molecular formula is C17H27ClN2. The molecule has 20 heavy (non-hydrogen) atoms. The zero-order valence-corrected chi connectivity index (χ0v) is 13.5. The first-order chi connectivity index (χ1) is 9.74. The summed E-state index contributed by atoms with van der Waals surface area (Å²) in [6.07, 6.45) is 5.37. The Morgan fingerprint density at radius 2 is 2.10 bits per heavy atom. The summed E-state index contributed by atoms with van der Waals surface area (Å²) in [5.74, 6) is 0.891. The van der Waals surface area contributed by atoms with Gasteiger partial charge in [-0.05, 0) is 62.4 Å². The van der Waals surface area contributed by atoms with Crippen molar-refractivity contribution in [2.45, 2.75) is 46.1 Å². The van der Waals surface area contributed by atoms with Crippen LogP contribution in [-0.2, 0) is 6.54 Å². The van der Waals surface area contributed by atoms with Crippen LogP contribution in [-0.4, -0.2) is 19.6 Å². The smallest absolute Gasteiger partial charge is 0.0412 e. The van der Waals surface area contributed by atoms with Gasteiger partial charge >= 0.3 is 0 Å². The first-order valence-electron chi connectivity index (χ1n) is 7.98. The standard InChI is InChI=1S/C17H27ClN2/c1-3-10-19-12-15-11-16(18)8-9-17(15)20(4-2)13-14-6-5-7-14/h8-9,11,14,19H,3-7,10,12-13H2,1-2H3. The van der Waals surface area contributed by atoms with E-state index < -0.39 is 0 Å². The number of halogens is 1. The maximum absolute atomic E-state index is 6.18. The number of nitrogens with one attached hydrogen (secondary N) is 1. The molecule has 1 N–H and O–H groups in total. The fourth-order valence-corrected chi connectivity index (χ4v) is 2.98. The van der Waals surface area contributed by atoms with Crippen molar-refractivity contribution in [2.75, 3.05) is 24.5 Å². The molecular weight excluding hydrogens is 268 g/mol. The summed E-state index contributed by atoms with van der Waals surface area (Å²) in [7, 11) is 0. The average molecular weight is 295 g/mol. The van der Waals surface area contributed by atoms with E-state index in [1.165, 1.54) is 37.1 Å². The van der Waals surface area contributed by atoms with Crippen molar-refractivity contribution in [1.29, 1.82) is 0 Å². The van der Waals surface area contributed by atoms with E-state index in [4.69, 9.17) is 11.6 Å². The van der Waals surface area contributed by atoms with Gasteiger partial charge in [-0.25, -0.2) is 0 Å². The van der Waals surface area contributed by atoms with Crippen LogP contribution in [0, 0.1) is 5.92 Å². The lowest BCUT2D eigenvalue weighted by Crippen LogP contribution is -2.33. The average Bonchev–Trinajstić information content (AvgIpc) is 2.39. The molecule has 0 heterocycles. The summed E-state index contributed by atoms with van der Waals surface area (Å²) in [6.45, 7) is 8.67. The number of benzene rings is 1. The van der Waals surface area contributed by atoms with Crippen molar-refractivity contribution in [1.82, 2.24) is 5.32 Å². The number of hydrogen-bond donors (Lipinski definition) is 1. The summed E-state index contributed by atoms with van der Waals surface area (Å²) in [5, 5.41) is 4.33. The molecule has 0 bridgehead atoms. The van der Waals surface area contributed by atoms with E-state index in [0.717, 1.165) is 37.0 Å². The first-order valence-corrected chi connectivity index (χ1v) is 8.36. The number of nitrogens with zero attached hydrogens (tertiary/aromatic N) is 1. The van der Waals surface area contributed by atoms with E-state index in [1.807, 2.05) is 6.07 Å². The normalized spacial score (nSPS) is 15.2. The van der Waals surface area contributed by atoms with E-state index in [2.05, 4.69) is 36.2 Å². The molecule has 1 aliphatic rings. The predicted molar refractivity (Wildman–Crippen MR) is 88.7 cm³/mol. The molecule has 0 spiro atoms. The van der Waals surface area contributed by atoms with Gasteiger partial charge in [0.15, 0.2) is 0 Å². The van der Waals surface area contributed by atoms with Crippen LogP contribution in [0.4, 0.5) is 5.69 Å². The van der Waals surface area contributed by atoms with Crippen LogP contribution < -0.4 is 10.2 Å². The van der Waals surface area contributed by atoms with E-state index in [0.29, 0.717) is 0 Å². The van der Waals surface area contributed by atoms with Crippen LogP contribution >= 0.6 is 11.6 Å². The molecule has 0 atom stereocenters. The molecule has 3 heteroatoms. The molecule has 0 unspecified atom stereocenters. The topological polar surface area (TPSA) is 15.3 Å². The SMILES string of the molecule is CCCNCc1cc(Cl)ccc1N(CC)CC1CCC1. The Balaban J connectivity index is 2.09. The molecule has 2 rings (SSSR count). The molecule has 1 aromatic rings. The van der Waals surface area contributed by atoms with Crippen LogP contribution in [0.2, 0.25) is 5.02 Å². The Labute approximate surface area is 128 Å². The molecule has 1 fully saturated rings. The minimum absolute atomic E-state index is 0.835. The van der Waals surface area contributed by atoms with Crippen LogP contribution in [0.15, 0.2) is 18.2 Å². The fraction of sp³-hybridized carbons (Fsp3) is 0.647. The van der Waals surface area contributed by atoms with Crippen molar-refractivity contribution in [3.63, 3.8) is 0 Å². The number of rotatable bonds is 8. The highest BCUT2D eigenvalue weighted by atomic mass is 35.5. The van der Waals surface area contributed by atoms with Crippen LogP contribution in [0.3, 0.4) is 0 Å². The van der Waals surface area contributed by atoms with Gasteiger partial charge in [0.25, 0.3) is 0 Å². The lowest BCUT2D eigenvalue weighted by molar-refractivity contribution is 0.318. The summed E-state index contributed by atoms with van der Waals surface area (Å²) in [4.78, 5) is 2.52. The minimum atomic E-state index is 0.835. The third kappa shape index (κ3) is 4.13. The van der Waals surface area contributed by atoms with Crippen LogP contribution in [0.5, 0.6) is 0 Å². The molecule has 0 saturated heterocycles. The fourth-order valence-electron chi connectivity index (χ4n) is 2.79. The summed E-state index contributed by atoms with van der Waals surface area (Å²) in [6, 6.07) is 6.32. The van der Waals surface area contributed by atoms with Crippen molar-refractivity contribution < 1.29 is 0 Å². The third-order valence-electron chi connectivity index (χ3n) is 4.21. The van der Waals surface area contributed by atoms with E-state index in [9.17, 15) is 0 Å². The summed E-state index contributed by atoms with van der Waals surface area (Å²) >= 11 is 6.18. The molecule has 1 aromatic carbocycles. The lowest BCUT2D eigenvalue weighted by Gasteiger charge is -2.34. The van der Waals surface area contributed by atoms with Crippen molar-refractivity contribution in [3.8, 4) is 0 Å². The molecule has 0 radical (unpaired) electrons. The summed E-state index contributed by atoms with van der Waals surface area (Å²) in [5.41, 5.74) is 2.68. The Hall–Kier alpha value is -0.730. The van der Waals surface area contributed by atoms with Crippen molar-refractivity contribution in [3.05, 3.63) is 28.8 Å². The zero-order chi connectivity index (χ0) is 14.4. The maximum atomic E-state index is 6.18. The van der Waals surface area contributed by atoms with Crippen LogP contribution in [0.1, 0.15) is 45.1 Å². The lowest BCUT2D eigenvalue weighted by atomic mass is 9.85. The van der Waals surface area contributed by atoms with E-state index >= 15 is 0 Å². The quantitative estimate of drug-likeness (QED) is 0.712. The molecule has 0 amide bonds. The molecule has 1 saturated carbocycles. The Morgan fingerprint density at radius 1 is 1.30 bits per heavy atom. The second-order valence-electron chi connectivity index (χ2n) is 5.79. The number of anilines is 1. The van der Waals surface area contributed by atoms with Gasteiger partial charge in [-0.2, -0.15) is 0 Å². The molecule has 2 nitrogen and oxygen atoms in total. The Bertz CT molecular complexity index is 415. The van der Waals surface area contributed by atoms with Gasteiger partial charge < -0.3 is 10.2 Å². The monoisotopic (exact) mass is 294 g/mol. The highest BCUT2D eigenvalue weighted by Crippen LogP contribution is 2.31. The second kappa shape index (κ2) is 7.90. The molecule has 0 aromatic heterocycles. The number of hydrogen-bond acceptors (Lipinski definition) is 2. The van der Waals surface area contributed by atoms with Gasteiger partial charge in [-0.3, -0.25) is 0 Å². The minimum Gasteiger partial charge on any atom is -0.371 e. The third-order valence-corrected chi connectivity index (χ3v) is 4.44. The van der Waals surface area contributed by atoms with Gasteiger partial charge in [-0.15, -0.1) is 0 Å². The van der Waals surface area contributed by atoms with Gasteiger partial charge in [-0.1, -0.05) is 24.9 Å². The van der Waals surface area contributed by atoms with Gasteiger partial charge in [0.05, 0.1) is 0 Å². The first kappa shape index (κ1) is 15.7. The van der Waals surface area contributed by atoms with Crippen LogP contribution in [0.25, 0.3) is 0 Å². The van der Waals surface area contributed by atoms with Gasteiger partial charge in [0.1, 0.15) is 0 Å². The molecule has 1 aliphatic carbocycles. The molecule has 112 valence electrons. The highest BCUT2D eigenvalue weighted by molar-refractivity contribution is 6.30. The van der Waals surface area contributed by atoms with E-state index in [-0.39, 0.29) is 0 Å². The van der Waals surface area contributed by atoms with Crippen molar-refractivity contribution >= 4 is 17.3 Å². The van der Waals surface area contributed by atoms with Gasteiger partial charge in [0.2, 0.25) is 0 Å². The summed E-state index contributed by atoms with van der Waals surface area (Å²) < 4.78 is 0. The Kier molecular flexibility index (Phi) is 6.18. The second-order valence-corrected chi connectivity index (χ2v) is 6.22. The zero-order valence-electron chi connectivity index (χ0n) is 12.8. The Morgan fingerprint density at radius 3 is 2.70 bits per heavy atom. The van der Waals surface area contributed by atoms with Gasteiger partial charge in [0, 0.05) is 30.3 Å². The van der Waals surface area contributed by atoms with Crippen molar-refractivity contribution in [2.24, 2.45) is 5.92 Å². The predicted octanol–water partition coefficient (Wildman–Crippen LogP) is 4.47. The maximum Gasteiger partial charge on any atom is 0.0412 e. The largest absolute Gasteiger partial charge is 0.371 e. The molecule has 0 aliphatic heterocycles.